The second kappa shape index (κ2) is 8.07. The second-order valence-electron chi connectivity index (χ2n) is 8.23. The van der Waals surface area contributed by atoms with Crippen LogP contribution in [-0.4, -0.2) is 33.7 Å². The van der Waals surface area contributed by atoms with Crippen molar-refractivity contribution >= 4 is 17.7 Å². The van der Waals surface area contributed by atoms with E-state index in [0.717, 1.165) is 21.9 Å². The molecule has 1 atom stereocenters. The number of nitrogens with zero attached hydrogens (tertiary/aromatic N) is 2. The molecule has 164 valence electrons. The van der Waals surface area contributed by atoms with Crippen molar-refractivity contribution in [2.45, 2.75) is 32.9 Å². The van der Waals surface area contributed by atoms with Gasteiger partial charge in [-0.25, -0.2) is 9.18 Å². The molecular formula is C25H24FN3O3. The molecule has 4 rings (SSSR count). The number of hydrogen-bond donors (Lipinski definition) is 1. The second-order valence-corrected chi connectivity index (χ2v) is 8.23. The van der Waals surface area contributed by atoms with E-state index < -0.39 is 17.5 Å². The number of nitrogens with one attached hydrogen (secondary N) is 1. The Labute approximate surface area is 185 Å². The fourth-order valence-electron chi connectivity index (χ4n) is 4.14. The Hall–Kier alpha value is -3.74. The normalized spacial score (nSPS) is 18.2. The summed E-state index contributed by atoms with van der Waals surface area (Å²) in [5.41, 5.74) is 2.40. The van der Waals surface area contributed by atoms with E-state index in [2.05, 4.69) is 5.32 Å². The smallest absolute Gasteiger partial charge is 0.325 e. The van der Waals surface area contributed by atoms with E-state index in [1.807, 2.05) is 24.5 Å². The van der Waals surface area contributed by atoms with Crippen molar-refractivity contribution in [3.8, 4) is 0 Å². The number of hydrogen-bond acceptors (Lipinski definition) is 3. The van der Waals surface area contributed by atoms with Crippen LogP contribution in [0.25, 0.3) is 0 Å². The molecule has 2 aromatic carbocycles. The minimum atomic E-state index is -1.21. The summed E-state index contributed by atoms with van der Waals surface area (Å²) < 4.78 is 15.2. The molecule has 7 heteroatoms. The van der Waals surface area contributed by atoms with E-state index in [9.17, 15) is 18.8 Å². The van der Waals surface area contributed by atoms with Crippen LogP contribution in [0.5, 0.6) is 0 Å². The molecule has 0 saturated carbocycles. The van der Waals surface area contributed by atoms with E-state index in [0.29, 0.717) is 17.7 Å². The van der Waals surface area contributed by atoms with Gasteiger partial charge in [-0.3, -0.25) is 14.5 Å². The maximum atomic E-state index is 13.2. The molecule has 32 heavy (non-hydrogen) atoms. The van der Waals surface area contributed by atoms with Crippen molar-refractivity contribution < 1.29 is 18.8 Å². The van der Waals surface area contributed by atoms with Crippen molar-refractivity contribution in [1.29, 1.82) is 0 Å². The largest absolute Gasteiger partial charge is 0.344 e. The summed E-state index contributed by atoms with van der Waals surface area (Å²) >= 11 is 0. The lowest BCUT2D eigenvalue weighted by atomic mass is 9.92. The highest BCUT2D eigenvalue weighted by atomic mass is 19.1. The van der Waals surface area contributed by atoms with Gasteiger partial charge in [0, 0.05) is 23.5 Å². The first kappa shape index (κ1) is 21.5. The van der Waals surface area contributed by atoms with Crippen molar-refractivity contribution in [3.05, 3.63) is 94.6 Å². The van der Waals surface area contributed by atoms with Gasteiger partial charge in [0.2, 0.25) is 0 Å². The zero-order valence-electron chi connectivity index (χ0n) is 18.2. The summed E-state index contributed by atoms with van der Waals surface area (Å²) in [5, 5.41) is 2.72. The maximum Gasteiger partial charge on any atom is 0.325 e. The van der Waals surface area contributed by atoms with Crippen molar-refractivity contribution in [3.63, 3.8) is 0 Å². The number of aryl methyl sites for hydroxylation is 1. The number of carbonyl (C=O) groups is 3. The molecule has 0 radical (unpaired) electrons. The van der Waals surface area contributed by atoms with Gasteiger partial charge in [-0.05, 0) is 50.1 Å². The third-order valence-corrected chi connectivity index (χ3v) is 6.06. The average Bonchev–Trinajstić information content (AvgIpc) is 3.18. The Morgan fingerprint density at radius 1 is 1.03 bits per heavy atom. The van der Waals surface area contributed by atoms with E-state index in [1.165, 1.54) is 12.1 Å². The van der Waals surface area contributed by atoms with Gasteiger partial charge in [-0.15, -0.1) is 0 Å². The molecule has 3 aromatic rings. The fraction of sp³-hybridized carbons (Fsp3) is 0.240. The first-order chi connectivity index (χ1) is 15.2. The van der Waals surface area contributed by atoms with Gasteiger partial charge < -0.3 is 9.88 Å². The zero-order valence-corrected chi connectivity index (χ0v) is 18.2. The molecule has 1 unspecified atom stereocenters. The van der Waals surface area contributed by atoms with Crippen LogP contribution in [0.15, 0.2) is 60.7 Å². The highest BCUT2D eigenvalue weighted by Crippen LogP contribution is 2.29. The Kier molecular flexibility index (Phi) is 5.42. The van der Waals surface area contributed by atoms with Gasteiger partial charge in [0.25, 0.3) is 5.91 Å². The van der Waals surface area contributed by atoms with Gasteiger partial charge in [0.15, 0.2) is 5.78 Å². The van der Waals surface area contributed by atoms with Gasteiger partial charge in [-0.1, -0.05) is 42.5 Å². The molecule has 1 aliphatic heterocycles. The van der Waals surface area contributed by atoms with Crippen LogP contribution in [-0.2, 0) is 16.9 Å². The fourth-order valence-corrected chi connectivity index (χ4v) is 4.14. The molecular weight excluding hydrogens is 409 g/mol. The molecule has 2 heterocycles. The van der Waals surface area contributed by atoms with Crippen LogP contribution in [0.2, 0.25) is 0 Å². The van der Waals surface area contributed by atoms with Crippen LogP contribution in [0.1, 0.15) is 39.8 Å². The number of benzene rings is 2. The number of amides is 3. The monoisotopic (exact) mass is 433 g/mol. The van der Waals surface area contributed by atoms with E-state index in [-0.39, 0.29) is 18.1 Å². The van der Waals surface area contributed by atoms with Gasteiger partial charge >= 0.3 is 6.03 Å². The van der Waals surface area contributed by atoms with Gasteiger partial charge in [0.1, 0.15) is 11.4 Å². The van der Waals surface area contributed by atoms with Gasteiger partial charge in [0.05, 0.1) is 6.54 Å². The molecule has 1 saturated heterocycles. The quantitative estimate of drug-likeness (QED) is 0.473. The van der Waals surface area contributed by atoms with E-state index in [4.69, 9.17) is 0 Å². The number of urea groups is 1. The predicted molar refractivity (Wildman–Crippen MR) is 118 cm³/mol. The minimum absolute atomic E-state index is 0.304. The number of Topliss-reactive ketones (excluding diaryl/α,β-unsaturated/α-hetero) is 1. The number of rotatable bonds is 6. The molecule has 0 bridgehead atoms. The molecule has 0 spiro atoms. The summed E-state index contributed by atoms with van der Waals surface area (Å²) in [6.45, 7) is 5.49. The Balaban J connectivity index is 1.55. The molecule has 0 aliphatic carbocycles. The van der Waals surface area contributed by atoms with Crippen LogP contribution >= 0.6 is 0 Å². The first-order valence-electron chi connectivity index (χ1n) is 10.3. The van der Waals surface area contributed by atoms with Crippen molar-refractivity contribution in [2.24, 2.45) is 0 Å². The van der Waals surface area contributed by atoms with Crippen LogP contribution in [0.4, 0.5) is 9.18 Å². The van der Waals surface area contributed by atoms with Crippen molar-refractivity contribution in [1.82, 2.24) is 14.8 Å². The minimum Gasteiger partial charge on any atom is -0.344 e. The number of aromatic nitrogens is 1. The first-order valence-corrected chi connectivity index (χ1v) is 10.3. The summed E-state index contributed by atoms with van der Waals surface area (Å²) in [7, 11) is 0. The van der Waals surface area contributed by atoms with E-state index >= 15 is 0 Å². The topological polar surface area (TPSA) is 71.4 Å². The van der Waals surface area contributed by atoms with E-state index in [1.54, 1.807) is 49.4 Å². The maximum absolute atomic E-state index is 13.2. The number of halogens is 1. The molecule has 1 aromatic heterocycles. The number of imide groups is 1. The lowest BCUT2D eigenvalue weighted by molar-refractivity contribution is -0.130. The average molecular weight is 433 g/mol. The summed E-state index contributed by atoms with van der Waals surface area (Å²) in [5.74, 6) is -1.08. The van der Waals surface area contributed by atoms with Crippen LogP contribution in [0.3, 0.4) is 0 Å². The summed E-state index contributed by atoms with van der Waals surface area (Å²) in [4.78, 5) is 39.7. The number of ketones is 1. The zero-order chi connectivity index (χ0) is 23.0. The summed E-state index contributed by atoms with van der Waals surface area (Å²) in [6, 6.07) is 16.3. The Bertz CT molecular complexity index is 1200. The van der Waals surface area contributed by atoms with Crippen molar-refractivity contribution in [2.75, 3.05) is 6.54 Å². The molecule has 3 amide bonds. The Morgan fingerprint density at radius 3 is 2.34 bits per heavy atom. The standard InChI is InChI=1S/C25H24FN3O3/c1-16-13-21(17(2)28(16)14-18-9-11-20(26)12-10-18)22(30)15-29-23(31)25(3,27-24(29)32)19-7-5-4-6-8-19/h4-13H,14-15H2,1-3H3,(H,27,32). The van der Waals surface area contributed by atoms with Crippen LogP contribution < -0.4 is 5.32 Å². The lowest BCUT2D eigenvalue weighted by Crippen LogP contribution is -2.41. The summed E-state index contributed by atoms with van der Waals surface area (Å²) in [6.07, 6.45) is 0. The lowest BCUT2D eigenvalue weighted by Gasteiger charge is -2.22. The Morgan fingerprint density at radius 2 is 1.69 bits per heavy atom. The molecule has 1 aliphatic rings. The molecule has 1 fully saturated rings. The molecule has 1 N–H and O–H groups in total. The van der Waals surface area contributed by atoms with Gasteiger partial charge in [-0.2, -0.15) is 0 Å². The molecule has 6 nitrogen and oxygen atoms in total. The highest BCUT2D eigenvalue weighted by molar-refractivity contribution is 6.11. The number of carbonyl (C=O) groups excluding carboxylic acids is 3. The predicted octanol–water partition coefficient (Wildman–Crippen LogP) is 3.94. The SMILES string of the molecule is Cc1cc(C(=O)CN2C(=O)NC(C)(c3ccccc3)C2=O)c(C)n1Cc1ccc(F)cc1. The van der Waals surface area contributed by atoms with Crippen LogP contribution in [0, 0.1) is 19.7 Å². The third kappa shape index (κ3) is 3.70. The highest BCUT2D eigenvalue weighted by Gasteiger charge is 2.49. The third-order valence-electron chi connectivity index (χ3n) is 6.06.